The van der Waals surface area contributed by atoms with E-state index in [4.69, 9.17) is 5.73 Å². The van der Waals surface area contributed by atoms with Gasteiger partial charge in [-0.05, 0) is 23.8 Å². The van der Waals surface area contributed by atoms with Crippen LogP contribution in [0.4, 0.5) is 5.69 Å². The maximum Gasteiger partial charge on any atom is 0.123 e. The predicted octanol–water partition coefficient (Wildman–Crippen LogP) is 4.28. The van der Waals surface area contributed by atoms with Gasteiger partial charge in [0, 0.05) is 21.9 Å². The molecule has 0 bridgehead atoms. The summed E-state index contributed by atoms with van der Waals surface area (Å²) >= 11 is 0. The highest BCUT2D eigenvalue weighted by molar-refractivity contribution is 6.17. The van der Waals surface area contributed by atoms with Gasteiger partial charge < -0.3 is 15.8 Å². The first-order chi connectivity index (χ1) is 10.3. The number of hydrogen-bond donors (Lipinski definition) is 3. The summed E-state index contributed by atoms with van der Waals surface area (Å²) in [6.45, 7) is 0. The number of hydrogen-bond acceptors (Lipinski definition) is 2. The van der Waals surface area contributed by atoms with Gasteiger partial charge in [-0.2, -0.15) is 0 Å². The first-order valence-electron chi connectivity index (χ1n) is 6.83. The molecule has 0 radical (unpaired) electrons. The lowest BCUT2D eigenvalue weighted by molar-refractivity contribution is 0.477. The molecule has 0 spiro atoms. The molecule has 0 aliphatic heterocycles. The lowest BCUT2D eigenvalue weighted by Gasteiger charge is -2.08. The molecule has 0 aliphatic rings. The lowest BCUT2D eigenvalue weighted by atomic mass is 9.98. The Morgan fingerprint density at radius 3 is 2.43 bits per heavy atom. The summed E-state index contributed by atoms with van der Waals surface area (Å²) in [6.07, 6.45) is 0. The van der Waals surface area contributed by atoms with Crippen LogP contribution in [0.1, 0.15) is 0 Å². The number of H-pyrrole nitrogens is 1. The van der Waals surface area contributed by atoms with Crippen molar-refractivity contribution in [3.8, 4) is 16.9 Å². The number of nitrogens with two attached hydrogens (primary N) is 1. The van der Waals surface area contributed by atoms with Crippen LogP contribution in [0.15, 0.2) is 60.7 Å². The monoisotopic (exact) mass is 274 g/mol. The Morgan fingerprint density at radius 1 is 0.810 bits per heavy atom. The molecule has 0 fully saturated rings. The number of aromatic nitrogens is 1. The number of aromatic amines is 1. The summed E-state index contributed by atoms with van der Waals surface area (Å²) in [4.78, 5) is 3.37. The van der Waals surface area contributed by atoms with Gasteiger partial charge in [0.25, 0.3) is 0 Å². The van der Waals surface area contributed by atoms with Gasteiger partial charge in [0.15, 0.2) is 0 Å². The number of aromatic hydroxyl groups is 1. The zero-order valence-corrected chi connectivity index (χ0v) is 11.3. The van der Waals surface area contributed by atoms with Crippen molar-refractivity contribution in [2.75, 3.05) is 5.73 Å². The van der Waals surface area contributed by atoms with Crippen LogP contribution in [0, 0.1) is 0 Å². The molecule has 102 valence electrons. The molecule has 3 aromatic carbocycles. The fraction of sp³-hybridized carbons (Fsp3) is 0. The Kier molecular flexibility index (Phi) is 2.42. The first-order valence-corrected chi connectivity index (χ1v) is 6.83. The van der Waals surface area contributed by atoms with Gasteiger partial charge in [0.05, 0.1) is 11.2 Å². The zero-order valence-electron chi connectivity index (χ0n) is 11.3. The highest BCUT2D eigenvalue weighted by Crippen LogP contribution is 2.39. The second-order valence-electron chi connectivity index (χ2n) is 5.14. The highest BCUT2D eigenvalue weighted by Gasteiger charge is 2.14. The smallest absolute Gasteiger partial charge is 0.123 e. The molecule has 0 unspecified atom stereocenters. The van der Waals surface area contributed by atoms with Crippen LogP contribution in [-0.2, 0) is 0 Å². The minimum atomic E-state index is 0.272. The van der Waals surface area contributed by atoms with Crippen molar-refractivity contribution >= 4 is 27.5 Å². The first kappa shape index (κ1) is 11.9. The number of para-hydroxylation sites is 2. The molecule has 4 aromatic rings. The Bertz CT molecular complexity index is 969. The fourth-order valence-corrected chi connectivity index (χ4v) is 2.90. The fourth-order valence-electron chi connectivity index (χ4n) is 2.90. The zero-order chi connectivity index (χ0) is 14.4. The van der Waals surface area contributed by atoms with Crippen molar-refractivity contribution in [2.45, 2.75) is 0 Å². The lowest BCUT2D eigenvalue weighted by Crippen LogP contribution is -1.88. The number of benzene rings is 3. The molecule has 1 aromatic heterocycles. The van der Waals surface area contributed by atoms with Crippen molar-refractivity contribution in [2.24, 2.45) is 0 Å². The molecular formula is C18H14N2O. The summed E-state index contributed by atoms with van der Waals surface area (Å²) in [5.74, 6) is 0.272. The van der Waals surface area contributed by atoms with Crippen LogP contribution in [0.3, 0.4) is 0 Å². The molecule has 21 heavy (non-hydrogen) atoms. The standard InChI is InChI=1S/C18H14N2O/c19-14-10-9-12(11-5-2-4-8-16(11)21)17-13-6-1-3-7-15(13)20-18(14)17/h1-10,20-21H,19H2. The number of phenols is 1. The van der Waals surface area contributed by atoms with E-state index in [1.165, 1.54) is 0 Å². The molecular weight excluding hydrogens is 260 g/mol. The van der Waals surface area contributed by atoms with E-state index in [-0.39, 0.29) is 5.75 Å². The summed E-state index contributed by atoms with van der Waals surface area (Å²) in [6, 6.07) is 19.3. The van der Waals surface area contributed by atoms with Crippen LogP contribution in [0.25, 0.3) is 32.9 Å². The number of rotatable bonds is 1. The van der Waals surface area contributed by atoms with E-state index in [0.29, 0.717) is 5.69 Å². The van der Waals surface area contributed by atoms with Crippen molar-refractivity contribution in [1.29, 1.82) is 0 Å². The molecule has 4 N–H and O–H groups in total. The van der Waals surface area contributed by atoms with E-state index >= 15 is 0 Å². The Labute approximate surface area is 121 Å². The SMILES string of the molecule is Nc1ccc(-c2ccccc2O)c2c1[nH]c1ccccc12. The molecule has 0 saturated heterocycles. The van der Waals surface area contributed by atoms with E-state index < -0.39 is 0 Å². The Morgan fingerprint density at radius 2 is 1.57 bits per heavy atom. The van der Waals surface area contributed by atoms with Crippen LogP contribution in [0.5, 0.6) is 5.75 Å². The van der Waals surface area contributed by atoms with Gasteiger partial charge in [0.2, 0.25) is 0 Å². The maximum absolute atomic E-state index is 10.2. The average Bonchev–Trinajstić information content (AvgIpc) is 2.89. The van der Waals surface area contributed by atoms with E-state index in [1.807, 2.05) is 48.5 Å². The van der Waals surface area contributed by atoms with Crippen LogP contribution in [0.2, 0.25) is 0 Å². The Hall–Kier alpha value is -2.94. The van der Waals surface area contributed by atoms with Gasteiger partial charge in [0.1, 0.15) is 5.75 Å². The maximum atomic E-state index is 10.2. The third kappa shape index (κ3) is 1.68. The second kappa shape index (κ2) is 4.28. The molecule has 0 amide bonds. The number of nitrogen functional groups attached to an aromatic ring is 1. The van der Waals surface area contributed by atoms with Crippen molar-refractivity contribution < 1.29 is 5.11 Å². The number of anilines is 1. The average molecular weight is 274 g/mol. The predicted molar refractivity (Wildman–Crippen MR) is 87.3 cm³/mol. The van der Waals surface area contributed by atoms with Gasteiger partial charge >= 0.3 is 0 Å². The van der Waals surface area contributed by atoms with Crippen LogP contribution < -0.4 is 5.73 Å². The molecule has 1 heterocycles. The molecule has 3 nitrogen and oxygen atoms in total. The summed E-state index contributed by atoms with van der Waals surface area (Å²) in [5, 5.41) is 12.3. The summed E-state index contributed by atoms with van der Waals surface area (Å²) < 4.78 is 0. The van der Waals surface area contributed by atoms with E-state index in [0.717, 1.165) is 32.9 Å². The molecule has 0 aliphatic carbocycles. The van der Waals surface area contributed by atoms with Crippen molar-refractivity contribution in [3.05, 3.63) is 60.7 Å². The van der Waals surface area contributed by atoms with Gasteiger partial charge in [-0.1, -0.05) is 42.5 Å². The second-order valence-corrected chi connectivity index (χ2v) is 5.14. The molecule has 3 heteroatoms. The minimum Gasteiger partial charge on any atom is -0.507 e. The third-order valence-electron chi connectivity index (χ3n) is 3.89. The van der Waals surface area contributed by atoms with E-state index in [9.17, 15) is 5.11 Å². The largest absolute Gasteiger partial charge is 0.507 e. The van der Waals surface area contributed by atoms with Crippen LogP contribution >= 0.6 is 0 Å². The normalized spacial score (nSPS) is 11.2. The van der Waals surface area contributed by atoms with Gasteiger partial charge in [-0.15, -0.1) is 0 Å². The van der Waals surface area contributed by atoms with E-state index in [1.54, 1.807) is 6.07 Å². The Balaban J connectivity index is 2.20. The number of nitrogens with one attached hydrogen (secondary N) is 1. The third-order valence-corrected chi connectivity index (χ3v) is 3.89. The quantitative estimate of drug-likeness (QED) is 0.454. The number of fused-ring (bicyclic) bond motifs is 3. The summed E-state index contributed by atoms with van der Waals surface area (Å²) in [5.41, 5.74) is 10.6. The highest BCUT2D eigenvalue weighted by atomic mass is 16.3. The molecule has 0 atom stereocenters. The van der Waals surface area contributed by atoms with Crippen molar-refractivity contribution in [3.63, 3.8) is 0 Å². The van der Waals surface area contributed by atoms with Crippen LogP contribution in [-0.4, -0.2) is 10.1 Å². The van der Waals surface area contributed by atoms with Gasteiger partial charge in [-0.25, -0.2) is 0 Å². The molecule has 4 rings (SSSR count). The van der Waals surface area contributed by atoms with Crippen molar-refractivity contribution in [1.82, 2.24) is 4.98 Å². The molecule has 0 saturated carbocycles. The number of phenolic OH excluding ortho intramolecular Hbond substituents is 1. The van der Waals surface area contributed by atoms with E-state index in [2.05, 4.69) is 11.1 Å². The minimum absolute atomic E-state index is 0.272. The summed E-state index contributed by atoms with van der Waals surface area (Å²) in [7, 11) is 0. The van der Waals surface area contributed by atoms with Gasteiger partial charge in [-0.3, -0.25) is 0 Å². The topological polar surface area (TPSA) is 62.0 Å².